The summed E-state index contributed by atoms with van der Waals surface area (Å²) in [4.78, 5) is 0. The van der Waals surface area contributed by atoms with Crippen molar-refractivity contribution in [3.05, 3.63) is 34.9 Å². The SMILES string of the molecule is C[C@@H](NCC1(O)CCCC1)c1ccc(Cl)cc1. The summed E-state index contributed by atoms with van der Waals surface area (Å²) in [5, 5.41) is 14.4. The Morgan fingerprint density at radius 1 is 1.29 bits per heavy atom. The molecule has 17 heavy (non-hydrogen) atoms. The Balaban J connectivity index is 1.88. The molecule has 0 heterocycles. The number of nitrogens with one attached hydrogen (secondary N) is 1. The van der Waals surface area contributed by atoms with E-state index in [0.29, 0.717) is 6.54 Å². The summed E-state index contributed by atoms with van der Waals surface area (Å²) in [6, 6.07) is 8.10. The number of hydrogen-bond donors (Lipinski definition) is 2. The maximum atomic E-state index is 10.2. The second kappa shape index (κ2) is 5.38. The summed E-state index contributed by atoms with van der Waals surface area (Å²) in [5.41, 5.74) is 0.719. The molecule has 94 valence electrons. The third-order valence-electron chi connectivity index (χ3n) is 3.64. The van der Waals surface area contributed by atoms with Crippen molar-refractivity contribution in [3.63, 3.8) is 0 Å². The normalized spacial score (nSPS) is 20.4. The lowest BCUT2D eigenvalue weighted by atomic mass is 10.0. The molecule has 1 saturated carbocycles. The summed E-state index contributed by atoms with van der Waals surface area (Å²) in [5.74, 6) is 0. The molecule has 2 N–H and O–H groups in total. The fourth-order valence-electron chi connectivity index (χ4n) is 2.42. The van der Waals surface area contributed by atoms with Crippen LogP contribution in [0.3, 0.4) is 0 Å². The Hall–Kier alpha value is -0.570. The highest BCUT2D eigenvalue weighted by atomic mass is 35.5. The van der Waals surface area contributed by atoms with Crippen molar-refractivity contribution in [1.29, 1.82) is 0 Å². The van der Waals surface area contributed by atoms with Crippen LogP contribution in [0.25, 0.3) is 0 Å². The summed E-state index contributed by atoms with van der Waals surface area (Å²) in [7, 11) is 0. The van der Waals surface area contributed by atoms with Crippen molar-refractivity contribution in [1.82, 2.24) is 5.32 Å². The molecule has 0 unspecified atom stereocenters. The average molecular weight is 254 g/mol. The number of benzene rings is 1. The Morgan fingerprint density at radius 3 is 2.47 bits per heavy atom. The molecule has 2 rings (SSSR count). The van der Waals surface area contributed by atoms with E-state index in [1.807, 2.05) is 24.3 Å². The molecule has 0 amide bonds. The number of rotatable bonds is 4. The standard InChI is InChI=1S/C14H20ClNO/c1-11(12-4-6-13(15)7-5-12)16-10-14(17)8-2-3-9-14/h4-7,11,16-17H,2-3,8-10H2,1H3/t11-/m1/s1. The predicted octanol–water partition coefficient (Wildman–Crippen LogP) is 3.30. The van der Waals surface area contributed by atoms with Crippen molar-refractivity contribution >= 4 is 11.6 Å². The van der Waals surface area contributed by atoms with Gasteiger partial charge in [-0.3, -0.25) is 0 Å². The largest absolute Gasteiger partial charge is 0.389 e. The van der Waals surface area contributed by atoms with Gasteiger partial charge in [0.05, 0.1) is 5.60 Å². The van der Waals surface area contributed by atoms with Crippen LogP contribution in [0.1, 0.15) is 44.2 Å². The fraction of sp³-hybridized carbons (Fsp3) is 0.571. The summed E-state index contributed by atoms with van der Waals surface area (Å²) in [6.45, 7) is 2.79. The van der Waals surface area contributed by atoms with Gasteiger partial charge in [0.25, 0.3) is 0 Å². The molecule has 2 nitrogen and oxygen atoms in total. The molecular formula is C14H20ClNO. The maximum Gasteiger partial charge on any atom is 0.0771 e. The van der Waals surface area contributed by atoms with Gasteiger partial charge in [-0.1, -0.05) is 36.6 Å². The van der Waals surface area contributed by atoms with Gasteiger partial charge in [0.2, 0.25) is 0 Å². The van der Waals surface area contributed by atoms with Crippen molar-refractivity contribution in [2.24, 2.45) is 0 Å². The summed E-state index contributed by atoms with van der Waals surface area (Å²) >= 11 is 5.86. The van der Waals surface area contributed by atoms with E-state index in [9.17, 15) is 5.11 Å². The van der Waals surface area contributed by atoms with Crippen LogP contribution < -0.4 is 5.32 Å². The van der Waals surface area contributed by atoms with E-state index in [1.165, 1.54) is 5.56 Å². The maximum absolute atomic E-state index is 10.2. The fourth-order valence-corrected chi connectivity index (χ4v) is 2.55. The highest BCUT2D eigenvalue weighted by Crippen LogP contribution is 2.29. The van der Waals surface area contributed by atoms with Crippen LogP contribution in [0.4, 0.5) is 0 Å². The lowest BCUT2D eigenvalue weighted by Gasteiger charge is -2.25. The Bertz CT molecular complexity index is 357. The van der Waals surface area contributed by atoms with E-state index in [4.69, 9.17) is 11.6 Å². The van der Waals surface area contributed by atoms with Crippen LogP contribution in [0.2, 0.25) is 5.02 Å². The number of hydrogen-bond acceptors (Lipinski definition) is 2. The third-order valence-corrected chi connectivity index (χ3v) is 3.89. The molecule has 0 saturated heterocycles. The highest BCUT2D eigenvalue weighted by Gasteiger charge is 2.30. The highest BCUT2D eigenvalue weighted by molar-refractivity contribution is 6.30. The second-order valence-corrected chi connectivity index (χ2v) is 5.52. The topological polar surface area (TPSA) is 32.3 Å². The molecule has 0 radical (unpaired) electrons. The molecule has 0 aliphatic heterocycles. The smallest absolute Gasteiger partial charge is 0.0771 e. The zero-order chi connectivity index (χ0) is 12.3. The van der Waals surface area contributed by atoms with Crippen LogP contribution in [-0.4, -0.2) is 17.3 Å². The first-order valence-electron chi connectivity index (χ1n) is 6.30. The van der Waals surface area contributed by atoms with Gasteiger partial charge in [-0.05, 0) is 37.5 Å². The number of aliphatic hydroxyl groups is 1. The van der Waals surface area contributed by atoms with Crippen molar-refractivity contribution < 1.29 is 5.11 Å². The quantitative estimate of drug-likeness (QED) is 0.863. The molecule has 0 spiro atoms. The van der Waals surface area contributed by atoms with E-state index in [-0.39, 0.29) is 6.04 Å². The van der Waals surface area contributed by atoms with Crippen LogP contribution >= 0.6 is 11.6 Å². The molecule has 1 aromatic carbocycles. The zero-order valence-corrected chi connectivity index (χ0v) is 11.0. The molecular weight excluding hydrogens is 234 g/mol. The van der Waals surface area contributed by atoms with Crippen LogP contribution in [0.15, 0.2) is 24.3 Å². The third kappa shape index (κ3) is 3.44. The van der Waals surface area contributed by atoms with E-state index in [0.717, 1.165) is 30.7 Å². The van der Waals surface area contributed by atoms with E-state index >= 15 is 0 Å². The average Bonchev–Trinajstić information content (AvgIpc) is 2.75. The summed E-state index contributed by atoms with van der Waals surface area (Å²) < 4.78 is 0. The first kappa shape index (κ1) is 12.9. The lowest BCUT2D eigenvalue weighted by molar-refractivity contribution is 0.0453. The lowest BCUT2D eigenvalue weighted by Crippen LogP contribution is -2.39. The molecule has 1 aliphatic carbocycles. The first-order chi connectivity index (χ1) is 8.09. The van der Waals surface area contributed by atoms with Crippen molar-refractivity contribution in [2.75, 3.05) is 6.54 Å². The van der Waals surface area contributed by atoms with Crippen LogP contribution in [0.5, 0.6) is 0 Å². The Labute approximate surface area is 108 Å². The zero-order valence-electron chi connectivity index (χ0n) is 10.2. The van der Waals surface area contributed by atoms with Crippen molar-refractivity contribution in [3.8, 4) is 0 Å². The minimum absolute atomic E-state index is 0.247. The van der Waals surface area contributed by atoms with Crippen molar-refractivity contribution in [2.45, 2.75) is 44.2 Å². The van der Waals surface area contributed by atoms with Gasteiger partial charge in [-0.25, -0.2) is 0 Å². The molecule has 3 heteroatoms. The molecule has 1 atom stereocenters. The van der Waals surface area contributed by atoms with Gasteiger partial charge in [-0.2, -0.15) is 0 Å². The van der Waals surface area contributed by atoms with Gasteiger partial charge in [-0.15, -0.1) is 0 Å². The van der Waals surface area contributed by atoms with Gasteiger partial charge < -0.3 is 10.4 Å². The second-order valence-electron chi connectivity index (χ2n) is 5.09. The van der Waals surface area contributed by atoms with E-state index < -0.39 is 5.60 Å². The first-order valence-corrected chi connectivity index (χ1v) is 6.68. The van der Waals surface area contributed by atoms with Gasteiger partial charge in [0.15, 0.2) is 0 Å². The van der Waals surface area contributed by atoms with E-state index in [2.05, 4.69) is 12.2 Å². The Kier molecular flexibility index (Phi) is 4.08. The van der Waals surface area contributed by atoms with E-state index in [1.54, 1.807) is 0 Å². The number of halogens is 1. The molecule has 1 aromatic rings. The van der Waals surface area contributed by atoms with Gasteiger partial charge >= 0.3 is 0 Å². The Morgan fingerprint density at radius 2 is 1.88 bits per heavy atom. The van der Waals surface area contributed by atoms with Crippen LogP contribution in [-0.2, 0) is 0 Å². The molecule has 1 fully saturated rings. The van der Waals surface area contributed by atoms with Crippen LogP contribution in [0, 0.1) is 0 Å². The monoisotopic (exact) mass is 253 g/mol. The summed E-state index contributed by atoms with van der Waals surface area (Å²) in [6.07, 6.45) is 4.14. The van der Waals surface area contributed by atoms with Gasteiger partial charge in [0.1, 0.15) is 0 Å². The molecule has 0 aromatic heterocycles. The minimum Gasteiger partial charge on any atom is -0.389 e. The van der Waals surface area contributed by atoms with Gasteiger partial charge in [0, 0.05) is 17.6 Å². The predicted molar refractivity (Wildman–Crippen MR) is 71.3 cm³/mol. The minimum atomic E-state index is -0.485. The molecule has 1 aliphatic rings. The molecule has 0 bridgehead atoms.